The van der Waals surface area contributed by atoms with Gasteiger partial charge in [0, 0.05) is 26.3 Å². The van der Waals surface area contributed by atoms with Gasteiger partial charge in [-0.2, -0.15) is 0 Å². The van der Waals surface area contributed by atoms with E-state index in [1.54, 1.807) is 4.68 Å². The van der Waals surface area contributed by atoms with Crippen molar-refractivity contribution in [1.29, 1.82) is 0 Å². The maximum Gasteiger partial charge on any atom is 0.0858 e. The summed E-state index contributed by atoms with van der Waals surface area (Å²) in [5.41, 5.74) is 0.802. The van der Waals surface area contributed by atoms with E-state index in [9.17, 15) is 5.11 Å². The zero-order valence-electron chi connectivity index (χ0n) is 10.3. The van der Waals surface area contributed by atoms with Crippen molar-refractivity contribution >= 4 is 0 Å². The van der Waals surface area contributed by atoms with E-state index in [2.05, 4.69) is 17.2 Å². The van der Waals surface area contributed by atoms with Gasteiger partial charge in [-0.3, -0.25) is 4.68 Å². The topological polar surface area (TPSA) is 60.2 Å². The lowest BCUT2D eigenvalue weighted by Crippen LogP contribution is -2.31. The van der Waals surface area contributed by atoms with Crippen LogP contribution < -0.4 is 0 Å². The Labute approximate surface area is 96.4 Å². The minimum Gasteiger partial charge on any atom is -0.390 e. The normalized spacial score (nSPS) is 15.0. The first-order valence-electron chi connectivity index (χ1n) is 5.82. The van der Waals surface area contributed by atoms with Crippen molar-refractivity contribution in [2.45, 2.75) is 45.3 Å². The van der Waals surface area contributed by atoms with Crippen LogP contribution in [-0.4, -0.2) is 38.9 Å². The van der Waals surface area contributed by atoms with Gasteiger partial charge in [0.2, 0.25) is 0 Å². The molecule has 1 rings (SSSR count). The molecule has 0 aliphatic carbocycles. The second-order valence-electron chi connectivity index (χ2n) is 3.94. The van der Waals surface area contributed by atoms with Gasteiger partial charge < -0.3 is 9.84 Å². The second kappa shape index (κ2) is 6.60. The van der Waals surface area contributed by atoms with Crippen molar-refractivity contribution in [2.24, 2.45) is 7.05 Å². The monoisotopic (exact) mass is 227 g/mol. The molecule has 0 spiro atoms. The van der Waals surface area contributed by atoms with Gasteiger partial charge >= 0.3 is 0 Å². The molecule has 16 heavy (non-hydrogen) atoms. The predicted molar refractivity (Wildman–Crippen MR) is 61.0 cm³/mol. The van der Waals surface area contributed by atoms with Crippen LogP contribution >= 0.6 is 0 Å². The largest absolute Gasteiger partial charge is 0.390 e. The number of hydrogen-bond donors (Lipinski definition) is 1. The summed E-state index contributed by atoms with van der Waals surface area (Å²) >= 11 is 0. The van der Waals surface area contributed by atoms with Crippen LogP contribution in [0.4, 0.5) is 0 Å². The zero-order chi connectivity index (χ0) is 12.0. The Kier molecular flexibility index (Phi) is 5.42. The van der Waals surface area contributed by atoms with Crippen LogP contribution in [0.2, 0.25) is 0 Å². The zero-order valence-corrected chi connectivity index (χ0v) is 10.3. The number of aliphatic hydroxyl groups excluding tert-OH is 1. The molecule has 5 nitrogen and oxygen atoms in total. The molecule has 0 saturated carbocycles. The van der Waals surface area contributed by atoms with E-state index in [0.29, 0.717) is 13.0 Å². The molecule has 0 aliphatic rings. The molecule has 0 amide bonds. The van der Waals surface area contributed by atoms with Crippen LogP contribution in [0.3, 0.4) is 0 Å². The molecule has 2 unspecified atom stereocenters. The Morgan fingerprint density at radius 1 is 1.50 bits per heavy atom. The summed E-state index contributed by atoms with van der Waals surface area (Å²) < 4.78 is 7.15. The highest BCUT2D eigenvalue weighted by Gasteiger charge is 2.20. The van der Waals surface area contributed by atoms with Gasteiger partial charge in [0.1, 0.15) is 0 Å². The van der Waals surface area contributed by atoms with Crippen LogP contribution in [0.25, 0.3) is 0 Å². The minimum absolute atomic E-state index is 0.1000. The van der Waals surface area contributed by atoms with E-state index in [4.69, 9.17) is 4.74 Å². The molecule has 1 aromatic rings. The average molecular weight is 227 g/mol. The van der Waals surface area contributed by atoms with E-state index in [1.807, 2.05) is 20.2 Å². The van der Waals surface area contributed by atoms with E-state index in [0.717, 1.165) is 18.5 Å². The summed E-state index contributed by atoms with van der Waals surface area (Å²) in [4.78, 5) is 0. The molecule has 0 radical (unpaired) electrons. The molecule has 0 bridgehead atoms. The highest BCUT2D eigenvalue weighted by molar-refractivity contribution is 4.95. The number of hydrogen-bond acceptors (Lipinski definition) is 4. The first kappa shape index (κ1) is 13.1. The fourth-order valence-electron chi connectivity index (χ4n) is 1.72. The molecule has 92 valence electrons. The van der Waals surface area contributed by atoms with E-state index < -0.39 is 6.10 Å². The molecule has 0 aliphatic heterocycles. The molecule has 2 atom stereocenters. The molecule has 0 saturated heterocycles. The number of aliphatic hydroxyl groups is 1. The molecular weight excluding hydrogens is 206 g/mol. The Hall–Kier alpha value is -0.940. The van der Waals surface area contributed by atoms with E-state index in [1.165, 1.54) is 0 Å². The molecule has 5 heteroatoms. The van der Waals surface area contributed by atoms with Crippen molar-refractivity contribution in [1.82, 2.24) is 15.0 Å². The average Bonchev–Trinajstić information content (AvgIpc) is 2.63. The molecule has 1 aromatic heterocycles. The lowest BCUT2D eigenvalue weighted by Gasteiger charge is -2.21. The Morgan fingerprint density at radius 3 is 2.75 bits per heavy atom. The molecular formula is C11H21N3O2. The number of ether oxygens (including phenoxy) is 1. The summed E-state index contributed by atoms with van der Waals surface area (Å²) in [6.07, 6.45) is 3.59. The summed E-state index contributed by atoms with van der Waals surface area (Å²) in [5, 5.41) is 17.8. The third-order valence-electron chi connectivity index (χ3n) is 2.45. The summed E-state index contributed by atoms with van der Waals surface area (Å²) in [6.45, 7) is 4.65. The molecule has 0 aromatic carbocycles. The van der Waals surface area contributed by atoms with Crippen molar-refractivity contribution in [3.63, 3.8) is 0 Å². The van der Waals surface area contributed by atoms with Crippen molar-refractivity contribution in [3.05, 3.63) is 11.9 Å². The van der Waals surface area contributed by atoms with Gasteiger partial charge in [0.05, 0.1) is 17.9 Å². The van der Waals surface area contributed by atoms with Crippen LogP contribution in [0.15, 0.2) is 6.20 Å². The van der Waals surface area contributed by atoms with Gasteiger partial charge in [-0.15, -0.1) is 5.10 Å². The second-order valence-corrected chi connectivity index (χ2v) is 3.94. The highest BCUT2D eigenvalue weighted by Crippen LogP contribution is 2.11. The Balaban J connectivity index is 2.50. The summed E-state index contributed by atoms with van der Waals surface area (Å²) in [7, 11) is 1.81. The van der Waals surface area contributed by atoms with Gasteiger partial charge in [0.25, 0.3) is 0 Å². The summed E-state index contributed by atoms with van der Waals surface area (Å²) in [5.74, 6) is 0. The SMILES string of the molecule is CCCC(OCC)C(O)Cc1cn(C)nn1. The Morgan fingerprint density at radius 2 is 2.25 bits per heavy atom. The smallest absolute Gasteiger partial charge is 0.0858 e. The predicted octanol–water partition coefficient (Wildman–Crippen LogP) is 0.924. The van der Waals surface area contributed by atoms with Gasteiger partial charge in [-0.1, -0.05) is 18.6 Å². The number of aromatic nitrogens is 3. The van der Waals surface area contributed by atoms with Gasteiger partial charge in [0.15, 0.2) is 0 Å². The highest BCUT2D eigenvalue weighted by atomic mass is 16.5. The van der Waals surface area contributed by atoms with Gasteiger partial charge in [-0.05, 0) is 13.3 Å². The quantitative estimate of drug-likeness (QED) is 0.752. The van der Waals surface area contributed by atoms with Crippen LogP contribution in [0.5, 0.6) is 0 Å². The molecule has 1 heterocycles. The van der Waals surface area contributed by atoms with Crippen LogP contribution in [0.1, 0.15) is 32.4 Å². The first-order chi connectivity index (χ1) is 7.67. The summed E-state index contributed by atoms with van der Waals surface area (Å²) in [6, 6.07) is 0. The van der Waals surface area contributed by atoms with Crippen LogP contribution in [0, 0.1) is 0 Å². The van der Waals surface area contributed by atoms with Crippen molar-refractivity contribution in [2.75, 3.05) is 6.61 Å². The fourth-order valence-corrected chi connectivity index (χ4v) is 1.72. The fraction of sp³-hybridized carbons (Fsp3) is 0.818. The maximum absolute atomic E-state index is 10.0. The van der Waals surface area contributed by atoms with Crippen LogP contribution in [-0.2, 0) is 18.2 Å². The maximum atomic E-state index is 10.0. The van der Waals surface area contributed by atoms with Gasteiger partial charge in [-0.25, -0.2) is 0 Å². The lowest BCUT2D eigenvalue weighted by molar-refractivity contribution is -0.0367. The van der Waals surface area contributed by atoms with E-state index >= 15 is 0 Å². The van der Waals surface area contributed by atoms with Crippen molar-refractivity contribution < 1.29 is 9.84 Å². The Bertz CT molecular complexity index is 295. The number of rotatable bonds is 7. The third kappa shape index (κ3) is 3.90. The molecule has 0 fully saturated rings. The molecule has 1 N–H and O–H groups in total. The van der Waals surface area contributed by atoms with Crippen molar-refractivity contribution in [3.8, 4) is 0 Å². The van der Waals surface area contributed by atoms with E-state index in [-0.39, 0.29) is 6.10 Å². The lowest BCUT2D eigenvalue weighted by atomic mass is 10.0. The first-order valence-corrected chi connectivity index (χ1v) is 5.82. The number of aryl methyl sites for hydroxylation is 1. The standard InChI is InChI=1S/C11H21N3O2/c1-4-6-11(16-5-2)10(15)7-9-8-14(3)13-12-9/h8,10-11,15H,4-7H2,1-3H3. The minimum atomic E-state index is -0.503. The third-order valence-corrected chi connectivity index (χ3v) is 2.45. The number of nitrogens with zero attached hydrogens (tertiary/aromatic N) is 3.